The lowest BCUT2D eigenvalue weighted by Gasteiger charge is -2.43. The first-order valence-corrected chi connectivity index (χ1v) is 5.92. The molecule has 1 atom stereocenters. The Morgan fingerprint density at radius 3 is 1.75 bits per heavy atom. The van der Waals surface area contributed by atoms with Gasteiger partial charge in [-0.05, 0) is 37.0 Å². The van der Waals surface area contributed by atoms with Gasteiger partial charge in [-0.15, -0.1) is 0 Å². The van der Waals surface area contributed by atoms with Gasteiger partial charge >= 0.3 is 5.97 Å². The first kappa shape index (κ1) is 15.2. The molecule has 1 radical (unpaired) electrons. The van der Waals surface area contributed by atoms with E-state index in [1.165, 1.54) is 0 Å². The van der Waals surface area contributed by atoms with Crippen molar-refractivity contribution in [1.29, 1.82) is 0 Å². The van der Waals surface area contributed by atoms with Crippen LogP contribution in [0.1, 0.15) is 41.5 Å². The Bertz CT molecular complexity index is 251. The van der Waals surface area contributed by atoms with Gasteiger partial charge in [0.05, 0.1) is 0 Å². The number of rotatable bonds is 5. The predicted molar refractivity (Wildman–Crippen MR) is 68.0 cm³/mol. The van der Waals surface area contributed by atoms with Crippen molar-refractivity contribution in [3.63, 3.8) is 0 Å². The number of carboxylic acid groups (broad SMARTS) is 1. The molecule has 0 fully saturated rings. The molecule has 1 N–H and O–H groups in total. The molecule has 16 heavy (non-hydrogen) atoms. The lowest BCUT2D eigenvalue weighted by atomic mass is 9.61. The summed E-state index contributed by atoms with van der Waals surface area (Å²) in [5.74, 6) is 0.0803. The highest BCUT2D eigenvalue weighted by molar-refractivity contribution is 5.85. The van der Waals surface area contributed by atoms with Gasteiger partial charge in [-0.25, -0.2) is 4.79 Å². The molecule has 0 amide bonds. The van der Waals surface area contributed by atoms with Gasteiger partial charge in [0.25, 0.3) is 0 Å². The Hall–Kier alpha value is -0.790. The molecule has 0 rings (SSSR count). The predicted octanol–water partition coefficient (Wildman–Crippen LogP) is 3.79. The number of allylic oxidation sites excluding steroid dienone is 1. The fraction of sp³-hybridized carbons (Fsp3) is 0.714. The molecule has 0 heterocycles. The first-order chi connectivity index (χ1) is 7.16. The third-order valence-electron chi connectivity index (χ3n) is 3.66. The molecule has 93 valence electrons. The molecule has 0 aliphatic carbocycles. The van der Waals surface area contributed by atoms with Gasteiger partial charge in [0.2, 0.25) is 0 Å². The highest BCUT2D eigenvalue weighted by Crippen LogP contribution is 2.44. The summed E-state index contributed by atoms with van der Waals surface area (Å²) in [6, 6.07) is 0. The minimum Gasteiger partial charge on any atom is -0.478 e. The van der Waals surface area contributed by atoms with Crippen LogP contribution in [0.15, 0.2) is 11.6 Å². The second kappa shape index (κ2) is 5.51. The summed E-state index contributed by atoms with van der Waals surface area (Å²) in [5.41, 5.74) is 0.264. The summed E-state index contributed by atoms with van der Waals surface area (Å²) >= 11 is 0. The molecule has 0 aromatic carbocycles. The van der Waals surface area contributed by atoms with Gasteiger partial charge in [-0.3, -0.25) is 0 Å². The largest absolute Gasteiger partial charge is 0.478 e. The lowest BCUT2D eigenvalue weighted by molar-refractivity contribution is -0.132. The van der Waals surface area contributed by atoms with Crippen LogP contribution < -0.4 is 0 Å². The molecule has 2 heteroatoms. The molecule has 0 aliphatic rings. The Kier molecular flexibility index (Phi) is 5.24. The van der Waals surface area contributed by atoms with Crippen LogP contribution in [0.5, 0.6) is 0 Å². The van der Waals surface area contributed by atoms with Crippen molar-refractivity contribution < 1.29 is 9.90 Å². The van der Waals surface area contributed by atoms with Crippen LogP contribution in [0.25, 0.3) is 0 Å². The van der Waals surface area contributed by atoms with Crippen LogP contribution in [0.3, 0.4) is 0 Å². The highest BCUT2D eigenvalue weighted by Gasteiger charge is 2.38. The Balaban J connectivity index is 5.55. The topological polar surface area (TPSA) is 37.3 Å². The summed E-state index contributed by atoms with van der Waals surface area (Å²) < 4.78 is 0. The van der Waals surface area contributed by atoms with Crippen molar-refractivity contribution in [3.05, 3.63) is 18.6 Å². The summed E-state index contributed by atoms with van der Waals surface area (Å²) in [6.07, 6.45) is 1.91. The van der Waals surface area contributed by atoms with E-state index < -0.39 is 5.97 Å². The standard InChI is InChI=1S/C14H25O2/c1-9(2)14(10(3)4,11(5)6)8-12(7)13(15)16/h8-11H,1H2,2-7H3,(H,15,16). The van der Waals surface area contributed by atoms with E-state index >= 15 is 0 Å². The summed E-state index contributed by atoms with van der Waals surface area (Å²) in [5, 5.41) is 9.00. The van der Waals surface area contributed by atoms with Gasteiger partial charge in [-0.1, -0.05) is 40.7 Å². The maximum atomic E-state index is 11.0. The van der Waals surface area contributed by atoms with E-state index in [9.17, 15) is 4.79 Å². The summed E-state index contributed by atoms with van der Waals surface area (Å²) in [4.78, 5) is 11.0. The second-order valence-electron chi connectivity index (χ2n) is 5.34. The third-order valence-corrected chi connectivity index (χ3v) is 3.66. The van der Waals surface area contributed by atoms with E-state index in [0.29, 0.717) is 17.4 Å². The molecule has 0 saturated heterocycles. The summed E-state index contributed by atoms with van der Waals surface area (Å²) in [6.45, 7) is 16.4. The average molecular weight is 225 g/mol. The number of hydrogen-bond donors (Lipinski definition) is 1. The molecule has 0 saturated carbocycles. The van der Waals surface area contributed by atoms with Crippen LogP contribution in [-0.4, -0.2) is 11.1 Å². The molecule has 0 aromatic heterocycles. The quantitative estimate of drug-likeness (QED) is 0.723. The summed E-state index contributed by atoms with van der Waals surface area (Å²) in [7, 11) is 0. The molecular weight excluding hydrogens is 200 g/mol. The number of carboxylic acids is 1. The third kappa shape index (κ3) is 2.87. The van der Waals surface area contributed by atoms with Crippen molar-refractivity contribution in [2.75, 3.05) is 0 Å². The molecule has 0 bridgehead atoms. The molecule has 2 nitrogen and oxygen atoms in total. The smallest absolute Gasteiger partial charge is 0.330 e. The highest BCUT2D eigenvalue weighted by atomic mass is 16.4. The van der Waals surface area contributed by atoms with Crippen molar-refractivity contribution in [2.24, 2.45) is 23.2 Å². The maximum Gasteiger partial charge on any atom is 0.330 e. The lowest BCUT2D eigenvalue weighted by Crippen LogP contribution is -2.37. The van der Waals surface area contributed by atoms with Crippen molar-refractivity contribution in [2.45, 2.75) is 41.5 Å². The monoisotopic (exact) mass is 225 g/mol. The van der Waals surface area contributed by atoms with E-state index in [0.717, 1.165) is 0 Å². The molecular formula is C14H25O2. The van der Waals surface area contributed by atoms with Gasteiger partial charge in [0.1, 0.15) is 0 Å². The molecule has 0 spiro atoms. The number of hydrogen-bond acceptors (Lipinski definition) is 1. The van der Waals surface area contributed by atoms with E-state index in [-0.39, 0.29) is 11.3 Å². The number of carbonyl (C=O) groups is 1. The van der Waals surface area contributed by atoms with Crippen LogP contribution >= 0.6 is 0 Å². The van der Waals surface area contributed by atoms with Crippen molar-refractivity contribution in [1.82, 2.24) is 0 Å². The fourth-order valence-electron chi connectivity index (χ4n) is 2.72. The van der Waals surface area contributed by atoms with Gasteiger partial charge < -0.3 is 5.11 Å². The van der Waals surface area contributed by atoms with Gasteiger partial charge in [0.15, 0.2) is 0 Å². The van der Waals surface area contributed by atoms with E-state index in [2.05, 4.69) is 41.5 Å². The van der Waals surface area contributed by atoms with E-state index in [1.807, 2.05) is 6.08 Å². The zero-order valence-corrected chi connectivity index (χ0v) is 11.4. The number of aliphatic carboxylic acids is 1. The van der Waals surface area contributed by atoms with E-state index in [1.54, 1.807) is 6.92 Å². The first-order valence-electron chi connectivity index (χ1n) is 5.92. The van der Waals surface area contributed by atoms with Crippen molar-refractivity contribution in [3.8, 4) is 0 Å². The maximum absolute atomic E-state index is 11.0. The van der Waals surface area contributed by atoms with Gasteiger partial charge in [0, 0.05) is 5.57 Å². The SMILES string of the molecule is [CH2]C(C)C(C=C(C)C(=O)O)(C(C)C)C(C)C. The van der Waals surface area contributed by atoms with Gasteiger partial charge in [-0.2, -0.15) is 0 Å². The Morgan fingerprint density at radius 2 is 1.56 bits per heavy atom. The Labute approximate surface area is 99.7 Å². The molecule has 1 unspecified atom stereocenters. The minimum atomic E-state index is -0.841. The molecule has 0 aromatic rings. The fourth-order valence-corrected chi connectivity index (χ4v) is 2.72. The van der Waals surface area contributed by atoms with Crippen molar-refractivity contribution >= 4 is 5.97 Å². The van der Waals surface area contributed by atoms with Crippen LogP contribution in [0, 0.1) is 30.1 Å². The van der Waals surface area contributed by atoms with Crippen LogP contribution in [0.4, 0.5) is 0 Å². The van der Waals surface area contributed by atoms with Crippen LogP contribution in [0.2, 0.25) is 0 Å². The second-order valence-corrected chi connectivity index (χ2v) is 5.34. The van der Waals surface area contributed by atoms with Crippen LogP contribution in [-0.2, 0) is 4.79 Å². The minimum absolute atomic E-state index is 0.150. The normalized spacial score (nSPS) is 14.0. The zero-order chi connectivity index (χ0) is 13.1. The van der Waals surface area contributed by atoms with E-state index in [4.69, 9.17) is 5.11 Å². The Morgan fingerprint density at radius 1 is 1.19 bits per heavy atom. The molecule has 0 aliphatic heterocycles. The average Bonchev–Trinajstić information content (AvgIpc) is 2.11. The zero-order valence-electron chi connectivity index (χ0n) is 11.4.